The summed E-state index contributed by atoms with van der Waals surface area (Å²) in [5.74, 6) is 0.534. The summed E-state index contributed by atoms with van der Waals surface area (Å²) in [6.07, 6.45) is 2.07. The third-order valence-electron chi connectivity index (χ3n) is 4.50. The van der Waals surface area contributed by atoms with Crippen molar-refractivity contribution in [3.63, 3.8) is 0 Å². The van der Waals surface area contributed by atoms with Crippen molar-refractivity contribution in [2.24, 2.45) is 0 Å². The molecular formula is C23H24ClN3O3. The minimum Gasteiger partial charge on any atom is -0.494 e. The third-order valence-corrected chi connectivity index (χ3v) is 4.75. The van der Waals surface area contributed by atoms with E-state index in [1.807, 2.05) is 12.1 Å². The van der Waals surface area contributed by atoms with Crippen molar-refractivity contribution >= 4 is 17.5 Å². The molecule has 0 aliphatic carbocycles. The van der Waals surface area contributed by atoms with E-state index < -0.39 is 0 Å². The molecule has 0 fully saturated rings. The Balaban J connectivity index is 1.56. The fraction of sp³-hybridized carbons (Fsp3) is 0.261. The van der Waals surface area contributed by atoms with E-state index in [0.29, 0.717) is 22.9 Å². The zero-order valence-electron chi connectivity index (χ0n) is 16.8. The molecule has 1 N–H and O–H groups in total. The maximum absolute atomic E-state index is 12.3. The molecule has 0 spiro atoms. The first-order valence-corrected chi connectivity index (χ1v) is 10.3. The first kappa shape index (κ1) is 21.6. The van der Waals surface area contributed by atoms with E-state index in [0.717, 1.165) is 24.2 Å². The van der Waals surface area contributed by atoms with Crippen LogP contribution in [0.25, 0.3) is 11.3 Å². The van der Waals surface area contributed by atoms with E-state index in [1.54, 1.807) is 42.5 Å². The number of carbonyl (C=O) groups excluding carboxylic acids is 1. The molecule has 7 heteroatoms. The summed E-state index contributed by atoms with van der Waals surface area (Å²) in [6, 6.07) is 17.4. The summed E-state index contributed by atoms with van der Waals surface area (Å²) in [4.78, 5) is 24.4. The van der Waals surface area contributed by atoms with Gasteiger partial charge < -0.3 is 10.1 Å². The van der Waals surface area contributed by atoms with Gasteiger partial charge in [0.15, 0.2) is 0 Å². The van der Waals surface area contributed by atoms with E-state index in [1.165, 1.54) is 10.7 Å². The van der Waals surface area contributed by atoms with Gasteiger partial charge in [-0.15, -0.1) is 0 Å². The van der Waals surface area contributed by atoms with Gasteiger partial charge >= 0.3 is 0 Å². The number of halogens is 1. The Morgan fingerprint density at radius 2 is 1.80 bits per heavy atom. The van der Waals surface area contributed by atoms with Crippen LogP contribution in [0.4, 0.5) is 0 Å². The maximum Gasteiger partial charge on any atom is 0.266 e. The minimum absolute atomic E-state index is 0.211. The molecule has 1 heterocycles. The molecule has 0 aliphatic rings. The maximum atomic E-state index is 12.3. The first-order valence-electron chi connectivity index (χ1n) is 9.92. The lowest BCUT2D eigenvalue weighted by Crippen LogP contribution is -2.31. The van der Waals surface area contributed by atoms with Crippen LogP contribution in [0.15, 0.2) is 65.5 Å². The van der Waals surface area contributed by atoms with Crippen LogP contribution in [0.5, 0.6) is 5.75 Å². The van der Waals surface area contributed by atoms with Gasteiger partial charge in [-0.3, -0.25) is 9.59 Å². The summed E-state index contributed by atoms with van der Waals surface area (Å²) in [7, 11) is 0. The highest BCUT2D eigenvalue weighted by molar-refractivity contribution is 6.30. The molecule has 6 nitrogen and oxygen atoms in total. The average molecular weight is 426 g/mol. The van der Waals surface area contributed by atoms with Crippen LogP contribution >= 0.6 is 11.6 Å². The van der Waals surface area contributed by atoms with Crippen LogP contribution < -0.4 is 15.6 Å². The smallest absolute Gasteiger partial charge is 0.266 e. The molecule has 0 unspecified atom stereocenters. The number of unbranched alkanes of at least 4 members (excludes halogenated alkanes) is 1. The van der Waals surface area contributed by atoms with E-state index in [-0.39, 0.29) is 24.6 Å². The molecule has 0 atom stereocenters. The lowest BCUT2D eigenvalue weighted by molar-refractivity contribution is 0.0951. The van der Waals surface area contributed by atoms with Crippen molar-refractivity contribution in [1.29, 1.82) is 0 Å². The number of hydrogen-bond acceptors (Lipinski definition) is 4. The number of rotatable bonds is 9. The zero-order chi connectivity index (χ0) is 21.3. The van der Waals surface area contributed by atoms with Crippen LogP contribution in [-0.4, -0.2) is 28.8 Å². The molecule has 0 aliphatic heterocycles. The normalized spacial score (nSPS) is 10.6. The molecule has 1 aromatic heterocycles. The molecule has 0 saturated heterocycles. The molecule has 0 bridgehead atoms. The van der Waals surface area contributed by atoms with E-state index in [4.69, 9.17) is 16.3 Å². The molecule has 0 saturated carbocycles. The highest BCUT2D eigenvalue weighted by Gasteiger charge is 2.07. The van der Waals surface area contributed by atoms with Gasteiger partial charge in [-0.2, -0.15) is 5.10 Å². The van der Waals surface area contributed by atoms with Gasteiger partial charge in [0, 0.05) is 28.8 Å². The zero-order valence-corrected chi connectivity index (χ0v) is 17.6. The summed E-state index contributed by atoms with van der Waals surface area (Å²) in [5, 5.41) is 7.83. The van der Waals surface area contributed by atoms with Gasteiger partial charge in [0.1, 0.15) is 5.75 Å². The number of hydrogen-bond donors (Lipinski definition) is 1. The van der Waals surface area contributed by atoms with Gasteiger partial charge in [0.2, 0.25) is 0 Å². The summed E-state index contributed by atoms with van der Waals surface area (Å²) >= 11 is 5.92. The van der Waals surface area contributed by atoms with Crippen LogP contribution in [0.1, 0.15) is 30.1 Å². The van der Waals surface area contributed by atoms with Crippen molar-refractivity contribution in [2.45, 2.75) is 26.3 Å². The quantitative estimate of drug-likeness (QED) is 0.522. The second-order valence-electron chi connectivity index (χ2n) is 6.77. The van der Waals surface area contributed by atoms with Gasteiger partial charge in [-0.25, -0.2) is 4.68 Å². The third kappa shape index (κ3) is 5.94. The molecule has 30 heavy (non-hydrogen) atoms. The summed E-state index contributed by atoms with van der Waals surface area (Å²) < 4.78 is 6.94. The number of ether oxygens (including phenoxy) is 1. The number of amides is 1. The molecule has 3 rings (SSSR count). The summed E-state index contributed by atoms with van der Waals surface area (Å²) in [6.45, 7) is 3.32. The van der Waals surface area contributed by atoms with Crippen molar-refractivity contribution in [3.8, 4) is 17.0 Å². The van der Waals surface area contributed by atoms with Gasteiger partial charge in [0.05, 0.1) is 18.8 Å². The summed E-state index contributed by atoms with van der Waals surface area (Å²) in [5.41, 5.74) is 1.83. The van der Waals surface area contributed by atoms with E-state index in [2.05, 4.69) is 17.3 Å². The lowest BCUT2D eigenvalue weighted by atomic mass is 10.1. The van der Waals surface area contributed by atoms with E-state index in [9.17, 15) is 9.59 Å². The fourth-order valence-electron chi connectivity index (χ4n) is 2.80. The SMILES string of the molecule is CCCCOc1ccc(C(=O)NCCn2nc(-c3ccc(Cl)cc3)ccc2=O)cc1. The van der Waals surface area contributed by atoms with Crippen molar-refractivity contribution in [1.82, 2.24) is 15.1 Å². The van der Waals surface area contributed by atoms with E-state index >= 15 is 0 Å². The second kappa shape index (κ2) is 10.6. The van der Waals surface area contributed by atoms with Crippen LogP contribution in [0.3, 0.4) is 0 Å². The van der Waals surface area contributed by atoms with Crippen LogP contribution in [-0.2, 0) is 6.54 Å². The number of aromatic nitrogens is 2. The highest BCUT2D eigenvalue weighted by Crippen LogP contribution is 2.18. The second-order valence-corrected chi connectivity index (χ2v) is 7.21. The molecule has 0 radical (unpaired) electrons. The first-order chi connectivity index (χ1) is 14.6. The topological polar surface area (TPSA) is 73.2 Å². The Morgan fingerprint density at radius 1 is 1.07 bits per heavy atom. The van der Waals surface area contributed by atoms with Crippen LogP contribution in [0.2, 0.25) is 5.02 Å². The number of benzene rings is 2. The predicted octanol–water partition coefficient (Wildman–Crippen LogP) is 4.17. The molecule has 2 aromatic carbocycles. The average Bonchev–Trinajstić information content (AvgIpc) is 2.76. The standard InChI is InChI=1S/C23H24ClN3O3/c1-2-3-16-30-20-10-6-18(7-11-20)23(29)25-14-15-27-22(28)13-12-21(26-27)17-4-8-19(24)9-5-17/h4-13H,2-3,14-16H2,1H3,(H,25,29). The minimum atomic E-state index is -0.226. The molecule has 3 aromatic rings. The van der Waals surface area contributed by atoms with Gasteiger partial charge in [0.25, 0.3) is 11.5 Å². The molecular weight excluding hydrogens is 402 g/mol. The van der Waals surface area contributed by atoms with Crippen molar-refractivity contribution in [3.05, 3.63) is 81.6 Å². The molecule has 1 amide bonds. The Labute approximate surface area is 180 Å². The largest absolute Gasteiger partial charge is 0.494 e. The lowest BCUT2D eigenvalue weighted by Gasteiger charge is -2.09. The fourth-order valence-corrected chi connectivity index (χ4v) is 2.92. The van der Waals surface area contributed by atoms with Gasteiger partial charge in [-0.05, 0) is 48.9 Å². The number of nitrogens with zero attached hydrogens (tertiary/aromatic N) is 2. The predicted molar refractivity (Wildman–Crippen MR) is 118 cm³/mol. The van der Waals surface area contributed by atoms with Gasteiger partial charge in [-0.1, -0.05) is 37.1 Å². The monoisotopic (exact) mass is 425 g/mol. The van der Waals surface area contributed by atoms with Crippen molar-refractivity contribution in [2.75, 3.05) is 13.2 Å². The highest BCUT2D eigenvalue weighted by atomic mass is 35.5. The Kier molecular flexibility index (Phi) is 7.63. The number of carbonyl (C=O) groups is 1. The Morgan fingerprint density at radius 3 is 2.50 bits per heavy atom. The number of nitrogens with one attached hydrogen (secondary N) is 1. The van der Waals surface area contributed by atoms with Crippen molar-refractivity contribution < 1.29 is 9.53 Å². The Bertz CT molecular complexity index is 1030. The molecule has 156 valence electrons. The Hall–Kier alpha value is -3.12. The van der Waals surface area contributed by atoms with Crippen LogP contribution in [0, 0.1) is 0 Å².